The van der Waals surface area contributed by atoms with Crippen LogP contribution in [0, 0.1) is 0 Å². The lowest BCUT2D eigenvalue weighted by molar-refractivity contribution is -0.133. The minimum Gasteiger partial charge on any atom is -0.355 e. The fraction of sp³-hybridized carbons (Fsp3) is 0.780. The highest BCUT2D eigenvalue weighted by molar-refractivity contribution is 5.86. The molecular weight excluding hydrogens is 1050 g/mol. The van der Waals surface area contributed by atoms with E-state index in [4.69, 9.17) is 22.9 Å². The van der Waals surface area contributed by atoms with Gasteiger partial charge in [-0.1, -0.05) is 57.2 Å². The molecular formula is C50H103Cl6N11O5. The van der Waals surface area contributed by atoms with Crippen LogP contribution in [0.2, 0.25) is 0 Å². The molecule has 0 aliphatic carbocycles. The summed E-state index contributed by atoms with van der Waals surface area (Å²) in [7, 11) is 0. The summed E-state index contributed by atoms with van der Waals surface area (Å²) < 4.78 is 0. The fourth-order valence-electron chi connectivity index (χ4n) is 7.40. The number of allylic oxidation sites excluding steroid dienone is 6. The van der Waals surface area contributed by atoms with Crippen molar-refractivity contribution in [1.29, 1.82) is 0 Å². The summed E-state index contributed by atoms with van der Waals surface area (Å²) >= 11 is 0. The first-order valence-electron chi connectivity index (χ1n) is 25.7. The molecule has 0 unspecified atom stereocenters. The molecule has 72 heavy (non-hydrogen) atoms. The van der Waals surface area contributed by atoms with E-state index in [-0.39, 0.29) is 104 Å². The number of nitrogens with two attached hydrogens (primary N) is 4. The van der Waals surface area contributed by atoms with E-state index in [9.17, 15) is 24.0 Å². The number of hydrogen-bond donors (Lipinski definition) is 6. The van der Waals surface area contributed by atoms with Crippen LogP contribution in [0.15, 0.2) is 36.5 Å². The lowest BCUT2D eigenvalue weighted by atomic mass is 10.2. The highest BCUT2D eigenvalue weighted by Crippen LogP contribution is 2.10. The van der Waals surface area contributed by atoms with Gasteiger partial charge in [0.15, 0.2) is 0 Å². The van der Waals surface area contributed by atoms with Gasteiger partial charge in [0.05, 0.1) is 13.1 Å². The smallest absolute Gasteiger partial charge is 0.234 e. The molecule has 430 valence electrons. The normalized spacial score (nSPS) is 10.7. The predicted molar refractivity (Wildman–Crippen MR) is 316 cm³/mol. The largest absolute Gasteiger partial charge is 0.355 e. The second-order valence-electron chi connectivity index (χ2n) is 17.0. The van der Waals surface area contributed by atoms with Gasteiger partial charge in [0.25, 0.3) is 0 Å². The van der Waals surface area contributed by atoms with Crippen LogP contribution in [0.4, 0.5) is 0 Å². The van der Waals surface area contributed by atoms with Gasteiger partial charge in [-0.05, 0) is 149 Å². The summed E-state index contributed by atoms with van der Waals surface area (Å²) in [5.74, 6) is 0.156. The molecule has 22 heteroatoms. The van der Waals surface area contributed by atoms with Crippen molar-refractivity contribution in [2.24, 2.45) is 22.9 Å². The van der Waals surface area contributed by atoms with Gasteiger partial charge in [0.2, 0.25) is 29.5 Å². The highest BCUT2D eigenvalue weighted by atomic mass is 35.5. The van der Waals surface area contributed by atoms with Gasteiger partial charge in [-0.15, -0.1) is 74.4 Å². The number of carbonyl (C=O) groups is 5. The van der Waals surface area contributed by atoms with Crippen molar-refractivity contribution < 1.29 is 24.0 Å². The minimum atomic E-state index is -0.0499. The van der Waals surface area contributed by atoms with E-state index in [1.54, 1.807) is 0 Å². The van der Waals surface area contributed by atoms with Crippen LogP contribution in [-0.2, 0) is 24.0 Å². The Kier molecular flexibility index (Phi) is 71.9. The van der Waals surface area contributed by atoms with Gasteiger partial charge in [0.1, 0.15) is 0 Å². The highest BCUT2D eigenvalue weighted by Gasteiger charge is 2.19. The van der Waals surface area contributed by atoms with Crippen molar-refractivity contribution in [2.45, 2.75) is 136 Å². The molecule has 0 aromatic heterocycles. The Morgan fingerprint density at radius 1 is 0.361 bits per heavy atom. The molecule has 0 aliphatic heterocycles. The first-order chi connectivity index (χ1) is 32.1. The molecule has 0 radical (unpaired) electrons. The van der Waals surface area contributed by atoms with E-state index >= 15 is 0 Å². The second kappa shape index (κ2) is 61.6. The van der Waals surface area contributed by atoms with Crippen LogP contribution in [0.3, 0.4) is 0 Å². The molecule has 0 fully saturated rings. The molecule has 0 atom stereocenters. The fourth-order valence-corrected chi connectivity index (χ4v) is 7.40. The maximum atomic E-state index is 13.6. The molecule has 10 N–H and O–H groups in total. The van der Waals surface area contributed by atoms with Crippen molar-refractivity contribution in [3.63, 3.8) is 0 Å². The van der Waals surface area contributed by atoms with Gasteiger partial charge in [-0.25, -0.2) is 0 Å². The first kappa shape index (κ1) is 84.0. The lowest BCUT2D eigenvalue weighted by Gasteiger charge is -2.27. The molecule has 0 spiro atoms. The summed E-state index contributed by atoms with van der Waals surface area (Å²) in [5.41, 5.74) is 22.8. The number of amides is 5. The minimum absolute atomic E-state index is 0. The number of unbranched alkanes of at least 4 members (excludes halogenated alkanes) is 1. The Morgan fingerprint density at radius 3 is 0.889 bits per heavy atom. The van der Waals surface area contributed by atoms with E-state index in [2.05, 4.69) is 71.6 Å². The lowest BCUT2D eigenvalue weighted by Crippen LogP contribution is -2.41. The predicted octanol–water partition coefficient (Wildman–Crippen LogP) is 6.42. The Hall–Kier alpha value is -1.93. The molecule has 0 saturated carbocycles. The Bertz CT molecular complexity index is 1350. The average molecular weight is 1150 g/mol. The molecule has 0 aromatic rings. The Balaban J connectivity index is -0.00000141. The molecule has 16 nitrogen and oxygen atoms in total. The van der Waals surface area contributed by atoms with E-state index in [1.165, 1.54) is 0 Å². The molecule has 0 heterocycles. The number of carbonyl (C=O) groups excluding carboxylic acids is 5. The zero-order valence-electron chi connectivity index (χ0n) is 44.5. The maximum absolute atomic E-state index is 13.6. The van der Waals surface area contributed by atoms with Crippen LogP contribution in [0.25, 0.3) is 0 Å². The summed E-state index contributed by atoms with van der Waals surface area (Å²) in [6.07, 6.45) is 25.1. The third-order valence-corrected chi connectivity index (χ3v) is 11.1. The zero-order chi connectivity index (χ0) is 48.9. The van der Waals surface area contributed by atoms with Crippen molar-refractivity contribution in [3.8, 4) is 0 Å². The van der Waals surface area contributed by atoms with Crippen LogP contribution in [-0.4, -0.2) is 172 Å². The van der Waals surface area contributed by atoms with E-state index in [0.29, 0.717) is 149 Å². The van der Waals surface area contributed by atoms with E-state index in [1.807, 2.05) is 20.8 Å². The molecule has 0 rings (SSSR count). The molecule has 0 aromatic carbocycles. The Labute approximate surface area is 474 Å². The zero-order valence-corrected chi connectivity index (χ0v) is 49.4. The summed E-state index contributed by atoms with van der Waals surface area (Å²) in [6, 6.07) is 0. The van der Waals surface area contributed by atoms with Gasteiger partial charge < -0.3 is 48.3 Å². The number of nitrogens with one attached hydrogen (secondary N) is 2. The van der Waals surface area contributed by atoms with Crippen LogP contribution < -0.4 is 33.6 Å². The van der Waals surface area contributed by atoms with Crippen LogP contribution >= 0.6 is 74.4 Å². The van der Waals surface area contributed by atoms with Crippen molar-refractivity contribution in [1.82, 2.24) is 35.1 Å². The number of halogens is 6. The number of rotatable bonds is 45. The molecule has 0 bridgehead atoms. The summed E-state index contributed by atoms with van der Waals surface area (Å²) in [5, 5.41) is 6.06. The summed E-state index contributed by atoms with van der Waals surface area (Å²) in [4.78, 5) is 76.0. The van der Waals surface area contributed by atoms with Crippen molar-refractivity contribution in [3.05, 3.63) is 36.5 Å². The molecule has 0 saturated heterocycles. The summed E-state index contributed by atoms with van der Waals surface area (Å²) in [6.45, 7) is 16.2. The monoisotopic (exact) mass is 1150 g/mol. The van der Waals surface area contributed by atoms with Crippen LogP contribution in [0.5, 0.6) is 0 Å². The first-order valence-corrected chi connectivity index (χ1v) is 25.7. The standard InChI is InChI=1S/C50H97N11O5.6ClH/c1-4-7-10-13-25-48(64)59(40-22-32-55-46(62)44-57(34-18-28-51)35-19-29-52)38-16-17-39-60(49(65)26-14-11-8-5-2)42-24-43-61(50(66)27-15-12-9-6-3)41-23-33-56-47(63)45-58(36-20-30-53)37-21-31-54;;;;;;/h7-12H,4-6,13-45,51-54H2,1-3H3,(H,55,62)(H,56,63);6*1H/b10-7-,11-8-,12-9-;;;;;;. The van der Waals surface area contributed by atoms with E-state index < -0.39 is 0 Å². The molecule has 5 amide bonds. The van der Waals surface area contributed by atoms with Crippen molar-refractivity contribution in [2.75, 3.05) is 118 Å². The maximum Gasteiger partial charge on any atom is 0.234 e. The number of hydrogen-bond acceptors (Lipinski definition) is 11. The topological polar surface area (TPSA) is 230 Å². The average Bonchev–Trinajstić information content (AvgIpc) is 3.31. The van der Waals surface area contributed by atoms with Crippen LogP contribution in [0.1, 0.15) is 136 Å². The van der Waals surface area contributed by atoms with Crippen molar-refractivity contribution >= 4 is 104 Å². The van der Waals surface area contributed by atoms with Gasteiger partial charge >= 0.3 is 0 Å². The second-order valence-corrected chi connectivity index (χ2v) is 17.0. The van der Waals surface area contributed by atoms with Gasteiger partial charge in [-0.3, -0.25) is 33.8 Å². The van der Waals surface area contributed by atoms with E-state index in [0.717, 1.165) is 84.0 Å². The van der Waals surface area contributed by atoms with Gasteiger partial charge in [0, 0.05) is 71.6 Å². The SMILES string of the molecule is CC/C=C\CCC(=O)N(CCCCN(CCCN(CCCNC(=O)CN(CCCN)CCCN)C(=O)CC/C=C\CC)C(=O)CC/C=C\CC)CCCNC(=O)CN(CCCN)CCCN.Cl.Cl.Cl.Cl.Cl.Cl. The number of nitrogens with zero attached hydrogens (tertiary/aromatic N) is 5. The Morgan fingerprint density at radius 2 is 0.625 bits per heavy atom. The van der Waals surface area contributed by atoms with Gasteiger partial charge in [-0.2, -0.15) is 0 Å². The third-order valence-electron chi connectivity index (χ3n) is 11.1. The quantitative estimate of drug-likeness (QED) is 0.0288. The third kappa shape index (κ3) is 49.0. The molecule has 0 aliphatic rings.